The van der Waals surface area contributed by atoms with Crippen molar-refractivity contribution < 1.29 is 32.0 Å². The molecular weight excluding hydrogens is 528 g/mol. The van der Waals surface area contributed by atoms with E-state index in [0.717, 1.165) is 49.7 Å². The van der Waals surface area contributed by atoms with Gasteiger partial charge in [0.2, 0.25) is 0 Å². The van der Waals surface area contributed by atoms with Crippen LogP contribution in [0, 0.1) is 29.6 Å². The van der Waals surface area contributed by atoms with E-state index in [1.807, 2.05) is 13.0 Å². The van der Waals surface area contributed by atoms with Gasteiger partial charge in [-0.2, -0.15) is 8.42 Å². The average molecular weight is 571 g/mol. The monoisotopic (exact) mass is 570 g/mol. The molecule has 2 unspecified atom stereocenters. The molecule has 40 heavy (non-hydrogen) atoms. The Morgan fingerprint density at radius 3 is 2.45 bits per heavy atom. The highest BCUT2D eigenvalue weighted by atomic mass is 32.2. The number of hydrogen-bond donors (Lipinski definition) is 2. The fourth-order valence-corrected chi connectivity index (χ4v) is 9.79. The largest absolute Gasteiger partial charge is 0.472 e. The minimum absolute atomic E-state index is 0.0124. The third kappa shape index (κ3) is 4.17. The summed E-state index contributed by atoms with van der Waals surface area (Å²) in [7, 11) is -3.81. The molecule has 1 aromatic heterocycles. The van der Waals surface area contributed by atoms with Crippen molar-refractivity contribution in [3.63, 3.8) is 0 Å². The molecule has 1 heterocycles. The second kappa shape index (κ2) is 9.80. The molecule has 0 bridgehead atoms. The molecule has 218 valence electrons. The summed E-state index contributed by atoms with van der Waals surface area (Å²) in [6, 6.07) is 8.47. The van der Waals surface area contributed by atoms with Gasteiger partial charge in [-0.3, -0.25) is 4.18 Å². The topological polar surface area (TPSA) is 106 Å². The molecule has 1 aromatic carbocycles. The molecule has 2 N–H and O–H groups in total. The van der Waals surface area contributed by atoms with Gasteiger partial charge in [0.25, 0.3) is 10.1 Å². The summed E-state index contributed by atoms with van der Waals surface area (Å²) in [6.45, 7) is 6.52. The Morgan fingerprint density at radius 1 is 0.950 bits per heavy atom. The van der Waals surface area contributed by atoms with Crippen LogP contribution in [0.1, 0.15) is 76.3 Å². The summed E-state index contributed by atoms with van der Waals surface area (Å²) in [6.07, 6.45) is 11.9. The van der Waals surface area contributed by atoms with E-state index in [1.54, 1.807) is 36.8 Å². The normalized spacial score (nSPS) is 39.2. The van der Waals surface area contributed by atoms with Crippen LogP contribution in [-0.4, -0.2) is 43.5 Å². The second-order valence-electron chi connectivity index (χ2n) is 13.1. The van der Waals surface area contributed by atoms with E-state index < -0.39 is 26.7 Å². The van der Waals surface area contributed by atoms with Crippen molar-refractivity contribution >= 4 is 10.1 Å². The summed E-state index contributed by atoms with van der Waals surface area (Å²) in [4.78, 5) is 0.154. The van der Waals surface area contributed by atoms with Gasteiger partial charge in [-0.1, -0.05) is 43.2 Å². The molecule has 0 spiro atoms. The quantitative estimate of drug-likeness (QED) is 0.252. The average Bonchev–Trinajstić information content (AvgIpc) is 3.54. The maximum Gasteiger partial charge on any atom is 0.297 e. The molecule has 0 aliphatic heterocycles. The molecule has 2 aromatic rings. The van der Waals surface area contributed by atoms with Crippen molar-refractivity contribution in [2.75, 3.05) is 13.2 Å². The molecule has 6 rings (SSSR count). The number of furan rings is 1. The van der Waals surface area contributed by atoms with Gasteiger partial charge in [0.1, 0.15) is 5.60 Å². The first-order valence-corrected chi connectivity index (χ1v) is 16.1. The van der Waals surface area contributed by atoms with Gasteiger partial charge in [0.05, 0.1) is 42.3 Å². The van der Waals surface area contributed by atoms with Gasteiger partial charge in [-0.05, 0) is 93.7 Å². The van der Waals surface area contributed by atoms with Crippen molar-refractivity contribution in [3.8, 4) is 0 Å². The Morgan fingerprint density at radius 2 is 1.73 bits per heavy atom. The van der Waals surface area contributed by atoms with Crippen LogP contribution in [0.15, 0.2) is 63.8 Å². The van der Waals surface area contributed by atoms with Crippen LogP contribution in [0.25, 0.3) is 0 Å². The number of ether oxygens (including phenoxy) is 1. The predicted octanol–water partition coefficient (Wildman–Crippen LogP) is 5.64. The summed E-state index contributed by atoms with van der Waals surface area (Å²) in [5, 5.41) is 24.3. The lowest BCUT2D eigenvalue weighted by Gasteiger charge is -2.62. The lowest BCUT2D eigenvalue weighted by Crippen LogP contribution is -2.63. The molecule has 7 atom stereocenters. The maximum absolute atomic E-state index is 12.5. The first-order chi connectivity index (χ1) is 18.9. The molecule has 3 saturated carbocycles. The smallest absolute Gasteiger partial charge is 0.297 e. The Bertz CT molecular complexity index is 1370. The van der Waals surface area contributed by atoms with E-state index in [9.17, 15) is 18.6 Å². The van der Waals surface area contributed by atoms with Crippen LogP contribution in [0.5, 0.6) is 0 Å². The lowest BCUT2D eigenvalue weighted by molar-refractivity contribution is -0.222. The Labute approximate surface area is 237 Å². The number of rotatable bonds is 7. The highest BCUT2D eigenvalue weighted by molar-refractivity contribution is 7.86. The lowest BCUT2D eigenvalue weighted by atomic mass is 9.44. The van der Waals surface area contributed by atoms with Crippen LogP contribution in [-0.2, 0) is 24.6 Å². The molecule has 7 nitrogen and oxygen atoms in total. The Hall–Kier alpha value is -1.97. The Kier molecular flexibility index (Phi) is 6.90. The van der Waals surface area contributed by atoms with Crippen molar-refractivity contribution in [2.45, 2.75) is 94.3 Å². The van der Waals surface area contributed by atoms with Gasteiger partial charge in [-0.25, -0.2) is 0 Å². The first kappa shape index (κ1) is 28.2. The minimum atomic E-state index is -3.81. The minimum Gasteiger partial charge on any atom is -0.472 e. The number of hydrogen-bond acceptors (Lipinski definition) is 7. The summed E-state index contributed by atoms with van der Waals surface area (Å²) in [5.41, 5.74) is 0.517. The molecular formula is C32H42O7S. The molecule has 4 aliphatic rings. The van der Waals surface area contributed by atoms with Crippen LogP contribution < -0.4 is 0 Å². The van der Waals surface area contributed by atoms with Crippen LogP contribution >= 0.6 is 0 Å². The van der Waals surface area contributed by atoms with Gasteiger partial charge in [0.15, 0.2) is 0 Å². The predicted molar refractivity (Wildman–Crippen MR) is 150 cm³/mol. The van der Waals surface area contributed by atoms with Crippen molar-refractivity contribution in [3.05, 3.63) is 65.6 Å². The summed E-state index contributed by atoms with van der Waals surface area (Å²) < 4.78 is 41.6. The SMILES string of the molecule is Cc1ccc(S(=O)(=O)OCCOC2C=C3CC[C@@H]4[C@@H](CC[C@]5(C)C(O)(c6ccoc6)CC[C@@]45O)[C@@]3(C)CC2)cc1. The summed E-state index contributed by atoms with van der Waals surface area (Å²) in [5.74, 6) is 0.480. The summed E-state index contributed by atoms with van der Waals surface area (Å²) >= 11 is 0. The fraction of sp³-hybridized carbons (Fsp3) is 0.625. The first-order valence-electron chi connectivity index (χ1n) is 14.7. The van der Waals surface area contributed by atoms with Crippen LogP contribution in [0.4, 0.5) is 0 Å². The number of fused-ring (bicyclic) bond motifs is 5. The molecule has 4 aliphatic carbocycles. The molecule has 3 fully saturated rings. The van der Waals surface area contributed by atoms with E-state index in [0.29, 0.717) is 18.8 Å². The van der Waals surface area contributed by atoms with E-state index >= 15 is 0 Å². The van der Waals surface area contributed by atoms with E-state index in [1.165, 1.54) is 5.57 Å². The number of benzene rings is 1. The zero-order valence-corrected chi connectivity index (χ0v) is 24.6. The standard InChI is InChI=1S/C32H42O7S/c1-22-4-7-26(8-5-22)40(35,36)39-19-18-38-25-10-13-29(2)23(20-25)6-9-28-27(29)11-14-30(3)31(33,15-16-32(28,30)34)24-12-17-37-21-24/h4-5,7-8,12,17,20-21,25,27-28,33-34H,6,9-11,13-16,18-19H2,1-3H3/t25?,27-,28-,29+,30-,31?,32-/m1/s1. The number of aryl methyl sites for hydroxylation is 1. The second-order valence-corrected chi connectivity index (χ2v) is 14.7. The highest BCUT2D eigenvalue weighted by Gasteiger charge is 2.71. The number of aliphatic hydroxyl groups is 2. The van der Waals surface area contributed by atoms with Gasteiger partial charge in [0, 0.05) is 11.0 Å². The van der Waals surface area contributed by atoms with Crippen molar-refractivity contribution in [1.29, 1.82) is 0 Å². The maximum atomic E-state index is 12.5. The van der Waals surface area contributed by atoms with Gasteiger partial charge < -0.3 is 19.4 Å². The Balaban J connectivity index is 1.11. The van der Waals surface area contributed by atoms with Gasteiger partial charge >= 0.3 is 0 Å². The van der Waals surface area contributed by atoms with Crippen molar-refractivity contribution in [1.82, 2.24) is 0 Å². The van der Waals surface area contributed by atoms with E-state index in [4.69, 9.17) is 13.3 Å². The molecule has 0 saturated heterocycles. The molecule has 8 heteroatoms. The van der Waals surface area contributed by atoms with Crippen molar-refractivity contribution in [2.24, 2.45) is 22.7 Å². The zero-order chi connectivity index (χ0) is 28.4. The third-order valence-electron chi connectivity index (χ3n) is 11.4. The van der Waals surface area contributed by atoms with Crippen LogP contribution in [0.2, 0.25) is 0 Å². The third-order valence-corrected chi connectivity index (χ3v) is 12.7. The van der Waals surface area contributed by atoms with Gasteiger partial charge in [-0.15, -0.1) is 0 Å². The molecule has 0 radical (unpaired) electrons. The van der Waals surface area contributed by atoms with Crippen LogP contribution in [0.3, 0.4) is 0 Å². The fourth-order valence-electron chi connectivity index (χ4n) is 8.89. The highest BCUT2D eigenvalue weighted by Crippen LogP contribution is 2.71. The number of allylic oxidation sites excluding steroid dienone is 1. The van der Waals surface area contributed by atoms with E-state index in [-0.39, 0.29) is 35.5 Å². The zero-order valence-electron chi connectivity index (χ0n) is 23.8. The molecule has 0 amide bonds. The van der Waals surface area contributed by atoms with E-state index in [2.05, 4.69) is 19.9 Å².